The van der Waals surface area contributed by atoms with Gasteiger partial charge in [0.15, 0.2) is 10.9 Å². The maximum absolute atomic E-state index is 13.0. The van der Waals surface area contributed by atoms with Gasteiger partial charge in [0.25, 0.3) is 5.56 Å². The van der Waals surface area contributed by atoms with E-state index in [2.05, 4.69) is 38.1 Å². The first-order valence-corrected chi connectivity index (χ1v) is 10.9. The third-order valence-corrected chi connectivity index (χ3v) is 6.49. The molecule has 1 aliphatic carbocycles. The first kappa shape index (κ1) is 18.5. The van der Waals surface area contributed by atoms with Gasteiger partial charge in [0.1, 0.15) is 5.82 Å². The fourth-order valence-electron chi connectivity index (χ4n) is 3.70. The third kappa shape index (κ3) is 3.50. The molecule has 1 aliphatic heterocycles. The number of halogens is 1. The Labute approximate surface area is 170 Å². The number of nitrogens with one attached hydrogen (secondary N) is 2. The van der Waals surface area contributed by atoms with Gasteiger partial charge in [-0.3, -0.25) is 9.59 Å². The summed E-state index contributed by atoms with van der Waals surface area (Å²) in [4.78, 5) is 33.3. The highest BCUT2D eigenvalue weighted by atomic mass is 79.9. The number of carbonyl (C=O) groups excluding carboxylic acids is 1. The summed E-state index contributed by atoms with van der Waals surface area (Å²) < 4.78 is 0.961. The monoisotopic (exact) mass is 445 g/mol. The maximum Gasteiger partial charge on any atom is 0.257 e. The summed E-state index contributed by atoms with van der Waals surface area (Å²) in [6.07, 6.45) is 3.16. The average molecular weight is 446 g/mol. The fourth-order valence-corrected chi connectivity index (χ4v) is 4.68. The van der Waals surface area contributed by atoms with Crippen LogP contribution < -0.4 is 10.9 Å². The quantitative estimate of drug-likeness (QED) is 0.531. The molecular weight excluding hydrogens is 426 g/mol. The van der Waals surface area contributed by atoms with Gasteiger partial charge in [-0.05, 0) is 37.0 Å². The van der Waals surface area contributed by atoms with Crippen LogP contribution in [0.4, 0.5) is 5.82 Å². The zero-order valence-corrected chi connectivity index (χ0v) is 17.4. The maximum atomic E-state index is 13.0. The molecule has 7 heteroatoms. The average Bonchev–Trinajstić information content (AvgIpc) is 2.65. The van der Waals surface area contributed by atoms with Crippen LogP contribution in [-0.4, -0.2) is 21.5 Å². The molecule has 2 heterocycles. The second-order valence-corrected chi connectivity index (χ2v) is 8.76. The Balaban J connectivity index is 1.89. The SMILES string of the molecule is CCCSc1nc2c(c(=O)[nH]1)C(c1ccc(Br)cc1)C1=C(CCCC1=O)N2. The van der Waals surface area contributed by atoms with Crippen LogP contribution in [0.1, 0.15) is 49.7 Å². The first-order chi connectivity index (χ1) is 13.1. The summed E-state index contributed by atoms with van der Waals surface area (Å²) in [7, 11) is 0. The van der Waals surface area contributed by atoms with E-state index >= 15 is 0 Å². The molecule has 1 aromatic carbocycles. The zero-order chi connectivity index (χ0) is 19.0. The van der Waals surface area contributed by atoms with E-state index in [1.165, 1.54) is 0 Å². The van der Waals surface area contributed by atoms with E-state index in [1.807, 2.05) is 24.3 Å². The van der Waals surface area contributed by atoms with Crippen LogP contribution in [0.5, 0.6) is 0 Å². The van der Waals surface area contributed by atoms with E-state index in [4.69, 9.17) is 0 Å². The highest BCUT2D eigenvalue weighted by molar-refractivity contribution is 9.10. The van der Waals surface area contributed by atoms with Crippen LogP contribution >= 0.6 is 27.7 Å². The lowest BCUT2D eigenvalue weighted by atomic mass is 9.76. The number of fused-ring (bicyclic) bond motifs is 1. The number of carbonyl (C=O) groups is 1. The number of Topliss-reactive ketones (excluding diaryl/α,β-unsaturated/α-hetero) is 1. The number of hydrogen-bond donors (Lipinski definition) is 2. The summed E-state index contributed by atoms with van der Waals surface area (Å²) >= 11 is 5.00. The van der Waals surface area contributed by atoms with E-state index in [-0.39, 0.29) is 17.3 Å². The first-order valence-electron chi connectivity index (χ1n) is 9.14. The predicted molar refractivity (Wildman–Crippen MR) is 111 cm³/mol. The number of aromatic nitrogens is 2. The topological polar surface area (TPSA) is 74.8 Å². The third-order valence-electron chi connectivity index (χ3n) is 4.88. The van der Waals surface area contributed by atoms with E-state index in [0.717, 1.165) is 46.3 Å². The van der Waals surface area contributed by atoms with Crippen molar-refractivity contribution in [2.75, 3.05) is 11.1 Å². The summed E-state index contributed by atoms with van der Waals surface area (Å²) in [5.74, 6) is 1.22. The minimum absolute atomic E-state index is 0.117. The molecule has 0 bridgehead atoms. The molecular formula is C20H20BrN3O2S. The minimum Gasteiger partial charge on any atom is -0.343 e. The number of hydrogen-bond acceptors (Lipinski definition) is 5. The van der Waals surface area contributed by atoms with Crippen molar-refractivity contribution in [3.8, 4) is 0 Å². The van der Waals surface area contributed by atoms with E-state index < -0.39 is 0 Å². The number of anilines is 1. The molecule has 2 aromatic rings. The van der Waals surface area contributed by atoms with Gasteiger partial charge in [-0.2, -0.15) is 0 Å². The number of rotatable bonds is 4. The molecule has 4 rings (SSSR count). The van der Waals surface area contributed by atoms with Gasteiger partial charge in [0.05, 0.1) is 5.56 Å². The van der Waals surface area contributed by atoms with E-state index in [0.29, 0.717) is 23.0 Å². The van der Waals surface area contributed by atoms with Crippen LogP contribution in [0, 0.1) is 0 Å². The lowest BCUT2D eigenvalue weighted by Gasteiger charge is -2.32. The van der Waals surface area contributed by atoms with Crippen molar-refractivity contribution >= 4 is 39.3 Å². The van der Waals surface area contributed by atoms with Crippen molar-refractivity contribution in [3.05, 3.63) is 61.5 Å². The van der Waals surface area contributed by atoms with Crippen LogP contribution in [0.15, 0.2) is 50.0 Å². The molecule has 5 nitrogen and oxygen atoms in total. The van der Waals surface area contributed by atoms with Crippen LogP contribution in [0.2, 0.25) is 0 Å². The largest absolute Gasteiger partial charge is 0.343 e. The molecule has 2 N–H and O–H groups in total. The van der Waals surface area contributed by atoms with Gasteiger partial charge >= 0.3 is 0 Å². The standard InChI is InChI=1S/C20H20BrN3O2S/c1-2-10-27-20-23-18-17(19(26)24-20)15(11-6-8-12(21)9-7-11)16-13(22-18)4-3-5-14(16)25/h6-9,15H,2-5,10H2,1H3,(H2,22,23,24,26). The van der Waals surface area contributed by atoms with Crippen LogP contribution in [-0.2, 0) is 4.79 Å². The molecule has 140 valence electrons. The second-order valence-electron chi connectivity index (χ2n) is 6.76. The van der Waals surface area contributed by atoms with Gasteiger partial charge in [-0.25, -0.2) is 4.98 Å². The van der Waals surface area contributed by atoms with Crippen molar-refractivity contribution in [2.45, 2.75) is 43.7 Å². The highest BCUT2D eigenvalue weighted by Crippen LogP contribution is 2.43. The Morgan fingerprint density at radius 3 is 2.74 bits per heavy atom. The van der Waals surface area contributed by atoms with Crippen molar-refractivity contribution in [3.63, 3.8) is 0 Å². The predicted octanol–water partition coefficient (Wildman–Crippen LogP) is 4.60. The van der Waals surface area contributed by atoms with E-state index in [1.54, 1.807) is 11.8 Å². The number of aromatic amines is 1. The highest BCUT2D eigenvalue weighted by Gasteiger charge is 2.37. The molecule has 0 radical (unpaired) electrons. The molecule has 1 unspecified atom stereocenters. The van der Waals surface area contributed by atoms with Gasteiger partial charge in [0.2, 0.25) is 0 Å². The summed E-state index contributed by atoms with van der Waals surface area (Å²) in [5.41, 5.74) is 2.93. The Morgan fingerprint density at radius 1 is 1.22 bits per heavy atom. The van der Waals surface area contributed by atoms with Gasteiger partial charge in [-0.1, -0.05) is 46.7 Å². The number of benzene rings is 1. The van der Waals surface area contributed by atoms with Crippen molar-refractivity contribution in [1.29, 1.82) is 0 Å². The summed E-state index contributed by atoms with van der Waals surface area (Å²) in [6, 6.07) is 7.82. The molecule has 1 aromatic heterocycles. The molecule has 27 heavy (non-hydrogen) atoms. The number of nitrogens with zero attached hydrogens (tertiary/aromatic N) is 1. The smallest absolute Gasteiger partial charge is 0.257 e. The van der Waals surface area contributed by atoms with Crippen LogP contribution in [0.3, 0.4) is 0 Å². The van der Waals surface area contributed by atoms with Gasteiger partial charge in [0, 0.05) is 33.8 Å². The summed E-state index contributed by atoms with van der Waals surface area (Å²) in [6.45, 7) is 2.09. The number of H-pyrrole nitrogens is 1. The van der Waals surface area contributed by atoms with E-state index in [9.17, 15) is 9.59 Å². The summed E-state index contributed by atoms with van der Waals surface area (Å²) in [5, 5.41) is 3.92. The second kappa shape index (κ2) is 7.64. The zero-order valence-electron chi connectivity index (χ0n) is 15.0. The molecule has 0 spiro atoms. The van der Waals surface area contributed by atoms with Gasteiger partial charge in [-0.15, -0.1) is 0 Å². The Hall–Kier alpha value is -1.86. The number of ketones is 1. The Kier molecular flexibility index (Phi) is 5.23. The lowest BCUT2D eigenvalue weighted by molar-refractivity contribution is -0.116. The Bertz CT molecular complexity index is 982. The lowest BCUT2D eigenvalue weighted by Crippen LogP contribution is -2.32. The minimum atomic E-state index is -0.376. The number of thioether (sulfide) groups is 1. The van der Waals surface area contributed by atoms with Crippen LogP contribution in [0.25, 0.3) is 0 Å². The van der Waals surface area contributed by atoms with Crippen molar-refractivity contribution in [2.24, 2.45) is 0 Å². The van der Waals surface area contributed by atoms with Gasteiger partial charge < -0.3 is 10.3 Å². The number of allylic oxidation sites excluding steroid dienone is 2. The Morgan fingerprint density at radius 2 is 2.00 bits per heavy atom. The molecule has 0 fully saturated rings. The molecule has 2 aliphatic rings. The normalized spacial score (nSPS) is 18.7. The molecule has 0 saturated carbocycles. The van der Waals surface area contributed by atoms with Crippen molar-refractivity contribution < 1.29 is 4.79 Å². The molecule has 1 atom stereocenters. The molecule has 0 amide bonds. The van der Waals surface area contributed by atoms with Crippen molar-refractivity contribution in [1.82, 2.24) is 9.97 Å². The molecule has 0 saturated heterocycles. The fraction of sp³-hybridized carbons (Fsp3) is 0.350.